The number of aromatic nitrogens is 2. The fraction of sp³-hybridized carbons (Fsp3) is 0.312. The van der Waals surface area contributed by atoms with Crippen LogP contribution in [0.5, 0.6) is 0 Å². The molecule has 130 valence electrons. The molecule has 2 bridgehead atoms. The molecule has 1 N–H and O–H groups in total. The Labute approximate surface area is 152 Å². The van der Waals surface area contributed by atoms with E-state index in [1.165, 1.54) is 6.07 Å². The van der Waals surface area contributed by atoms with Crippen molar-refractivity contribution in [3.05, 3.63) is 51.5 Å². The second-order valence-electron chi connectivity index (χ2n) is 6.06. The number of carbonyl (C=O) groups excluding carboxylic acids is 1. The van der Waals surface area contributed by atoms with E-state index in [0.29, 0.717) is 24.1 Å². The minimum absolute atomic E-state index is 0.0570. The van der Waals surface area contributed by atoms with E-state index < -0.39 is 17.8 Å². The molecule has 1 saturated heterocycles. The van der Waals surface area contributed by atoms with Crippen molar-refractivity contribution in [3.63, 3.8) is 0 Å². The largest absolute Gasteiger partial charge is 0.322 e. The smallest absolute Gasteiger partial charge is 0.313 e. The lowest BCUT2D eigenvalue weighted by atomic mass is 9.99. The first-order chi connectivity index (χ1) is 12.0. The SMILES string of the molecule is O=C(Nc1cc(Cl)c(Cl)cc1F)N1C2CCC1c1ncnc(F)c1C2. The van der Waals surface area contributed by atoms with Gasteiger partial charge in [0.1, 0.15) is 12.1 Å². The zero-order valence-electron chi connectivity index (χ0n) is 12.8. The molecule has 9 heteroatoms. The number of urea groups is 1. The monoisotopic (exact) mass is 384 g/mol. The van der Waals surface area contributed by atoms with Gasteiger partial charge < -0.3 is 10.2 Å². The van der Waals surface area contributed by atoms with Gasteiger partial charge in [-0.2, -0.15) is 4.39 Å². The molecule has 0 spiro atoms. The van der Waals surface area contributed by atoms with Crippen LogP contribution in [0.2, 0.25) is 10.0 Å². The number of benzene rings is 1. The first kappa shape index (κ1) is 16.5. The number of rotatable bonds is 1. The highest BCUT2D eigenvalue weighted by molar-refractivity contribution is 6.42. The third-order valence-electron chi connectivity index (χ3n) is 4.67. The Morgan fingerprint density at radius 2 is 1.96 bits per heavy atom. The molecule has 0 saturated carbocycles. The summed E-state index contributed by atoms with van der Waals surface area (Å²) in [4.78, 5) is 22.0. The average molecular weight is 385 g/mol. The van der Waals surface area contributed by atoms with Gasteiger partial charge in [-0.3, -0.25) is 0 Å². The van der Waals surface area contributed by atoms with E-state index in [9.17, 15) is 13.6 Å². The molecular formula is C16H12Cl2F2N4O. The Balaban J connectivity index is 1.63. The van der Waals surface area contributed by atoms with Crippen LogP contribution in [-0.4, -0.2) is 26.9 Å². The molecule has 4 rings (SSSR count). The van der Waals surface area contributed by atoms with Crippen LogP contribution in [-0.2, 0) is 6.42 Å². The fourth-order valence-electron chi connectivity index (χ4n) is 3.57. The van der Waals surface area contributed by atoms with Gasteiger partial charge in [-0.15, -0.1) is 0 Å². The van der Waals surface area contributed by atoms with E-state index in [1.807, 2.05) is 0 Å². The van der Waals surface area contributed by atoms with Crippen molar-refractivity contribution in [2.75, 3.05) is 5.32 Å². The molecule has 3 heterocycles. The zero-order chi connectivity index (χ0) is 17.7. The van der Waals surface area contributed by atoms with Gasteiger partial charge in [0, 0.05) is 11.6 Å². The van der Waals surface area contributed by atoms with Crippen LogP contribution in [0.25, 0.3) is 0 Å². The molecule has 1 aromatic carbocycles. The molecular weight excluding hydrogens is 373 g/mol. The van der Waals surface area contributed by atoms with Crippen LogP contribution in [0.3, 0.4) is 0 Å². The van der Waals surface area contributed by atoms with E-state index in [0.717, 1.165) is 18.8 Å². The van der Waals surface area contributed by atoms with Crippen molar-refractivity contribution in [3.8, 4) is 0 Å². The van der Waals surface area contributed by atoms with E-state index in [2.05, 4.69) is 15.3 Å². The molecule has 1 fully saturated rings. The first-order valence-corrected chi connectivity index (χ1v) is 8.44. The number of nitrogens with zero attached hydrogens (tertiary/aromatic N) is 3. The van der Waals surface area contributed by atoms with Crippen molar-refractivity contribution in [2.24, 2.45) is 0 Å². The number of carbonyl (C=O) groups is 1. The number of nitrogens with one attached hydrogen (secondary N) is 1. The van der Waals surface area contributed by atoms with Crippen molar-refractivity contribution in [2.45, 2.75) is 31.3 Å². The Kier molecular flexibility index (Phi) is 4.00. The average Bonchev–Trinajstić information content (AvgIpc) is 2.89. The highest BCUT2D eigenvalue weighted by atomic mass is 35.5. The van der Waals surface area contributed by atoms with E-state index >= 15 is 0 Å². The lowest BCUT2D eigenvalue weighted by Crippen LogP contribution is -2.45. The van der Waals surface area contributed by atoms with Gasteiger partial charge in [0.15, 0.2) is 0 Å². The summed E-state index contributed by atoms with van der Waals surface area (Å²) in [5.74, 6) is -1.22. The molecule has 0 radical (unpaired) electrons. The van der Waals surface area contributed by atoms with Gasteiger partial charge in [-0.25, -0.2) is 19.2 Å². The summed E-state index contributed by atoms with van der Waals surface area (Å²) in [5.41, 5.74) is 0.921. The molecule has 25 heavy (non-hydrogen) atoms. The minimum atomic E-state index is -0.680. The molecule has 2 atom stereocenters. The summed E-state index contributed by atoms with van der Waals surface area (Å²) in [6.07, 6.45) is 2.89. The number of fused-ring (bicyclic) bond motifs is 4. The number of amides is 2. The van der Waals surface area contributed by atoms with Gasteiger partial charge in [-0.1, -0.05) is 23.2 Å². The fourth-order valence-corrected chi connectivity index (χ4v) is 3.89. The predicted octanol–water partition coefficient (Wildman–Crippen LogP) is 4.36. The molecule has 1 aromatic heterocycles. The van der Waals surface area contributed by atoms with Gasteiger partial charge in [0.05, 0.1) is 27.5 Å². The quantitative estimate of drug-likeness (QED) is 0.587. The lowest BCUT2D eigenvalue weighted by Gasteiger charge is -2.35. The molecule has 5 nitrogen and oxygen atoms in total. The number of hydrogen-bond acceptors (Lipinski definition) is 3. The second kappa shape index (κ2) is 6.07. The zero-order valence-corrected chi connectivity index (χ0v) is 14.3. The second-order valence-corrected chi connectivity index (χ2v) is 6.88. The molecule has 2 unspecified atom stereocenters. The highest BCUT2D eigenvalue weighted by Gasteiger charge is 2.44. The van der Waals surface area contributed by atoms with Gasteiger partial charge >= 0.3 is 6.03 Å². The van der Waals surface area contributed by atoms with E-state index in [4.69, 9.17) is 23.2 Å². The summed E-state index contributed by atoms with van der Waals surface area (Å²) < 4.78 is 27.9. The Bertz CT molecular complexity index is 879. The van der Waals surface area contributed by atoms with Gasteiger partial charge in [0.2, 0.25) is 5.95 Å². The minimum Gasteiger partial charge on any atom is -0.313 e. The maximum absolute atomic E-state index is 14.0. The van der Waals surface area contributed by atoms with Crippen molar-refractivity contribution in [1.29, 1.82) is 0 Å². The standard InChI is InChI=1S/C16H12Cl2F2N4O/c17-9-4-11(19)12(5-10(9)18)23-16(25)24-7-1-2-13(24)14-8(3-7)15(20)22-6-21-14/h4-7,13H,1-3H2,(H,23,25). The summed E-state index contributed by atoms with van der Waals surface area (Å²) in [6, 6.07) is 1.30. The lowest BCUT2D eigenvalue weighted by molar-refractivity contribution is 0.176. The maximum atomic E-state index is 14.0. The van der Waals surface area contributed by atoms with E-state index in [1.54, 1.807) is 4.90 Å². The van der Waals surface area contributed by atoms with Gasteiger partial charge in [-0.05, 0) is 31.4 Å². The van der Waals surface area contributed by atoms with Crippen molar-refractivity contribution >= 4 is 34.9 Å². The van der Waals surface area contributed by atoms with Crippen LogP contribution in [0.15, 0.2) is 18.5 Å². The van der Waals surface area contributed by atoms with Gasteiger partial charge in [0.25, 0.3) is 0 Å². The first-order valence-electron chi connectivity index (χ1n) is 7.69. The highest BCUT2D eigenvalue weighted by Crippen LogP contribution is 2.43. The summed E-state index contributed by atoms with van der Waals surface area (Å²) >= 11 is 11.6. The van der Waals surface area contributed by atoms with Crippen LogP contribution >= 0.6 is 23.2 Å². The number of halogens is 4. The summed E-state index contributed by atoms with van der Waals surface area (Å²) in [5, 5.41) is 2.73. The van der Waals surface area contributed by atoms with Crippen molar-refractivity contribution in [1.82, 2.24) is 14.9 Å². The van der Waals surface area contributed by atoms with Crippen LogP contribution < -0.4 is 5.32 Å². The summed E-state index contributed by atoms with van der Waals surface area (Å²) in [7, 11) is 0. The third-order valence-corrected chi connectivity index (χ3v) is 5.39. The molecule has 2 amide bonds. The third kappa shape index (κ3) is 2.71. The topological polar surface area (TPSA) is 58.1 Å². The molecule has 0 aliphatic carbocycles. The van der Waals surface area contributed by atoms with Crippen LogP contribution in [0.4, 0.5) is 19.3 Å². The molecule has 2 aliphatic rings. The Morgan fingerprint density at radius 1 is 1.20 bits per heavy atom. The molecule has 2 aromatic rings. The summed E-state index contributed by atoms with van der Waals surface area (Å²) in [6.45, 7) is 0. The number of hydrogen-bond donors (Lipinski definition) is 1. The molecule has 2 aliphatic heterocycles. The normalized spacial score (nSPS) is 21.2. The van der Waals surface area contributed by atoms with E-state index in [-0.39, 0.29) is 27.8 Å². The van der Waals surface area contributed by atoms with Crippen molar-refractivity contribution < 1.29 is 13.6 Å². The Morgan fingerprint density at radius 3 is 2.76 bits per heavy atom. The maximum Gasteiger partial charge on any atom is 0.322 e. The Hall–Kier alpha value is -1.99. The predicted molar refractivity (Wildman–Crippen MR) is 88.7 cm³/mol. The van der Waals surface area contributed by atoms with Crippen LogP contribution in [0, 0.1) is 11.8 Å². The number of anilines is 1. The van der Waals surface area contributed by atoms with Crippen LogP contribution in [0.1, 0.15) is 30.1 Å².